The summed E-state index contributed by atoms with van der Waals surface area (Å²) in [5.74, 6) is 0.968. The number of aryl methyl sites for hydroxylation is 2. The second-order valence-corrected chi connectivity index (χ2v) is 7.06. The molecule has 1 aromatic heterocycles. The fourth-order valence-corrected chi connectivity index (χ4v) is 3.01. The van der Waals surface area contributed by atoms with Crippen molar-refractivity contribution in [3.05, 3.63) is 77.9 Å². The Morgan fingerprint density at radius 3 is 2.62 bits per heavy atom. The number of hydrogen-bond acceptors (Lipinski definition) is 4. The Hall–Kier alpha value is -3.60. The zero-order valence-corrected chi connectivity index (χ0v) is 16.6. The lowest BCUT2D eigenvalue weighted by Crippen LogP contribution is -2.30. The standard InChI is InChI=1S/C24H22N2O3/c1-15-11-12-20(13-16(15)2)28-17(3)23(27)25-19-8-6-7-18(14-19)24-26-21-9-4-5-10-22(21)29-24/h4-14,17H,1-3H3,(H,25,27). The molecule has 146 valence electrons. The fraction of sp³-hybridized carbons (Fsp3) is 0.167. The highest BCUT2D eigenvalue weighted by molar-refractivity contribution is 5.94. The van der Waals surface area contributed by atoms with Gasteiger partial charge in [0.15, 0.2) is 11.7 Å². The number of fused-ring (bicyclic) bond motifs is 1. The third-order valence-corrected chi connectivity index (χ3v) is 4.83. The number of anilines is 1. The van der Waals surface area contributed by atoms with Gasteiger partial charge in [0.25, 0.3) is 5.91 Å². The number of ether oxygens (including phenoxy) is 1. The molecular formula is C24H22N2O3. The molecule has 1 unspecified atom stereocenters. The van der Waals surface area contributed by atoms with Crippen LogP contribution in [0.25, 0.3) is 22.6 Å². The molecule has 0 aliphatic carbocycles. The summed E-state index contributed by atoms with van der Waals surface area (Å²) in [4.78, 5) is 17.1. The van der Waals surface area contributed by atoms with E-state index in [1.807, 2.05) is 80.6 Å². The van der Waals surface area contributed by atoms with Crippen LogP contribution in [-0.2, 0) is 4.79 Å². The number of nitrogens with one attached hydrogen (secondary N) is 1. The summed E-state index contributed by atoms with van der Waals surface area (Å²) >= 11 is 0. The Balaban J connectivity index is 1.48. The quantitative estimate of drug-likeness (QED) is 0.491. The lowest BCUT2D eigenvalue weighted by molar-refractivity contribution is -0.122. The van der Waals surface area contributed by atoms with Gasteiger partial charge in [-0.25, -0.2) is 4.98 Å². The maximum absolute atomic E-state index is 12.6. The van der Waals surface area contributed by atoms with Crippen LogP contribution in [0, 0.1) is 13.8 Å². The van der Waals surface area contributed by atoms with E-state index in [1.165, 1.54) is 5.56 Å². The van der Waals surface area contributed by atoms with Gasteiger partial charge in [0.2, 0.25) is 5.89 Å². The molecule has 3 aromatic carbocycles. The number of rotatable bonds is 5. The first-order valence-corrected chi connectivity index (χ1v) is 9.50. The van der Waals surface area contributed by atoms with Crippen LogP contribution < -0.4 is 10.1 Å². The summed E-state index contributed by atoms with van der Waals surface area (Å²) in [6.07, 6.45) is -0.634. The van der Waals surface area contributed by atoms with Crippen LogP contribution in [0.4, 0.5) is 5.69 Å². The molecule has 0 spiro atoms. The van der Waals surface area contributed by atoms with Crippen LogP contribution in [0.5, 0.6) is 5.75 Å². The smallest absolute Gasteiger partial charge is 0.265 e. The summed E-state index contributed by atoms with van der Waals surface area (Å²) in [7, 11) is 0. The zero-order valence-electron chi connectivity index (χ0n) is 16.6. The minimum absolute atomic E-state index is 0.224. The van der Waals surface area contributed by atoms with E-state index in [2.05, 4.69) is 10.3 Å². The third-order valence-electron chi connectivity index (χ3n) is 4.83. The topological polar surface area (TPSA) is 64.4 Å². The van der Waals surface area contributed by atoms with E-state index in [9.17, 15) is 4.79 Å². The first-order valence-electron chi connectivity index (χ1n) is 9.50. The van der Waals surface area contributed by atoms with Crippen molar-refractivity contribution in [1.82, 2.24) is 4.98 Å². The number of benzene rings is 3. The molecule has 0 bridgehead atoms. The molecule has 1 N–H and O–H groups in total. The van der Waals surface area contributed by atoms with Crippen molar-refractivity contribution >= 4 is 22.7 Å². The second kappa shape index (κ2) is 7.80. The Morgan fingerprint density at radius 2 is 1.83 bits per heavy atom. The van der Waals surface area contributed by atoms with Gasteiger partial charge in [-0.2, -0.15) is 0 Å². The van der Waals surface area contributed by atoms with E-state index in [0.717, 1.165) is 22.2 Å². The molecule has 1 heterocycles. The lowest BCUT2D eigenvalue weighted by atomic mass is 10.1. The molecule has 0 radical (unpaired) electrons. The molecule has 0 aliphatic rings. The average Bonchev–Trinajstić information content (AvgIpc) is 3.15. The van der Waals surface area contributed by atoms with Crippen LogP contribution in [0.1, 0.15) is 18.1 Å². The first kappa shape index (κ1) is 18.7. The minimum atomic E-state index is -0.634. The molecule has 4 rings (SSSR count). The van der Waals surface area contributed by atoms with Gasteiger partial charge in [-0.15, -0.1) is 0 Å². The van der Waals surface area contributed by atoms with Crippen LogP contribution in [0.3, 0.4) is 0 Å². The third kappa shape index (κ3) is 4.14. The fourth-order valence-electron chi connectivity index (χ4n) is 3.01. The summed E-state index contributed by atoms with van der Waals surface area (Å²) in [5, 5.41) is 2.90. The Kier molecular flexibility index (Phi) is 5.04. The molecule has 0 saturated carbocycles. The molecule has 29 heavy (non-hydrogen) atoms. The van der Waals surface area contributed by atoms with Crippen molar-refractivity contribution in [2.45, 2.75) is 26.9 Å². The largest absolute Gasteiger partial charge is 0.481 e. The zero-order chi connectivity index (χ0) is 20.4. The van der Waals surface area contributed by atoms with Gasteiger partial charge in [0.1, 0.15) is 11.3 Å². The highest BCUT2D eigenvalue weighted by Crippen LogP contribution is 2.26. The Morgan fingerprint density at radius 1 is 1.00 bits per heavy atom. The van der Waals surface area contributed by atoms with Gasteiger partial charge in [0.05, 0.1) is 0 Å². The number of carbonyl (C=O) groups excluding carboxylic acids is 1. The predicted molar refractivity (Wildman–Crippen MR) is 114 cm³/mol. The summed E-state index contributed by atoms with van der Waals surface area (Å²) in [5.41, 5.74) is 5.29. The van der Waals surface area contributed by atoms with Gasteiger partial charge in [0, 0.05) is 11.3 Å². The van der Waals surface area contributed by atoms with E-state index < -0.39 is 6.10 Å². The van der Waals surface area contributed by atoms with Crippen molar-refractivity contribution < 1.29 is 13.9 Å². The van der Waals surface area contributed by atoms with Crippen LogP contribution in [0.2, 0.25) is 0 Å². The number of aromatic nitrogens is 1. The van der Waals surface area contributed by atoms with Gasteiger partial charge in [-0.3, -0.25) is 4.79 Å². The number of oxazole rings is 1. The molecule has 1 atom stereocenters. The van der Waals surface area contributed by atoms with Crippen LogP contribution in [0.15, 0.2) is 71.1 Å². The van der Waals surface area contributed by atoms with Gasteiger partial charge in [-0.05, 0) is 74.4 Å². The molecule has 0 aliphatic heterocycles. The molecule has 1 amide bonds. The van der Waals surface area contributed by atoms with Crippen molar-refractivity contribution in [2.24, 2.45) is 0 Å². The normalized spacial score (nSPS) is 12.0. The highest BCUT2D eigenvalue weighted by atomic mass is 16.5. The monoisotopic (exact) mass is 386 g/mol. The van der Waals surface area contributed by atoms with Crippen molar-refractivity contribution in [2.75, 3.05) is 5.32 Å². The number of para-hydroxylation sites is 2. The van der Waals surface area contributed by atoms with E-state index in [-0.39, 0.29) is 5.91 Å². The van der Waals surface area contributed by atoms with E-state index in [0.29, 0.717) is 17.3 Å². The molecule has 4 aromatic rings. The SMILES string of the molecule is Cc1ccc(OC(C)C(=O)Nc2cccc(-c3nc4ccccc4o3)c2)cc1C. The molecule has 5 nitrogen and oxygen atoms in total. The number of carbonyl (C=O) groups is 1. The van der Waals surface area contributed by atoms with Crippen molar-refractivity contribution in [1.29, 1.82) is 0 Å². The maximum atomic E-state index is 12.6. The predicted octanol–water partition coefficient (Wildman–Crippen LogP) is 5.52. The maximum Gasteiger partial charge on any atom is 0.265 e. The van der Waals surface area contributed by atoms with E-state index in [1.54, 1.807) is 6.92 Å². The minimum Gasteiger partial charge on any atom is -0.481 e. The number of nitrogens with zero attached hydrogens (tertiary/aromatic N) is 1. The molecule has 0 fully saturated rings. The van der Waals surface area contributed by atoms with Gasteiger partial charge >= 0.3 is 0 Å². The second-order valence-electron chi connectivity index (χ2n) is 7.06. The molecular weight excluding hydrogens is 364 g/mol. The van der Waals surface area contributed by atoms with Crippen LogP contribution in [-0.4, -0.2) is 17.0 Å². The summed E-state index contributed by atoms with van der Waals surface area (Å²) in [6.45, 7) is 5.79. The summed E-state index contributed by atoms with van der Waals surface area (Å²) < 4.78 is 11.6. The number of hydrogen-bond donors (Lipinski definition) is 1. The highest BCUT2D eigenvalue weighted by Gasteiger charge is 2.16. The summed E-state index contributed by atoms with van der Waals surface area (Å²) in [6, 6.07) is 20.8. The molecule has 5 heteroatoms. The van der Waals surface area contributed by atoms with Gasteiger partial charge < -0.3 is 14.5 Å². The van der Waals surface area contributed by atoms with E-state index in [4.69, 9.17) is 9.15 Å². The van der Waals surface area contributed by atoms with Crippen molar-refractivity contribution in [3.8, 4) is 17.2 Å². The molecule has 0 saturated heterocycles. The van der Waals surface area contributed by atoms with Gasteiger partial charge in [-0.1, -0.05) is 24.3 Å². The Labute approximate surface area is 169 Å². The van der Waals surface area contributed by atoms with Crippen molar-refractivity contribution in [3.63, 3.8) is 0 Å². The van der Waals surface area contributed by atoms with Crippen LogP contribution >= 0.6 is 0 Å². The lowest BCUT2D eigenvalue weighted by Gasteiger charge is -2.16. The van der Waals surface area contributed by atoms with E-state index >= 15 is 0 Å². The number of amides is 1. The first-order chi connectivity index (χ1) is 14.0. The average molecular weight is 386 g/mol. The Bertz CT molecular complexity index is 1150.